The predicted molar refractivity (Wildman–Crippen MR) is 114 cm³/mol. The predicted octanol–water partition coefficient (Wildman–Crippen LogP) is 3.98. The summed E-state index contributed by atoms with van der Waals surface area (Å²) in [5.41, 5.74) is 2.00. The summed E-state index contributed by atoms with van der Waals surface area (Å²) < 4.78 is 7.00. The van der Waals surface area contributed by atoms with E-state index in [4.69, 9.17) is 4.74 Å². The molecule has 0 aliphatic rings. The van der Waals surface area contributed by atoms with E-state index in [2.05, 4.69) is 10.4 Å². The number of nitrogens with zero attached hydrogens (tertiary/aromatic N) is 2. The van der Waals surface area contributed by atoms with Crippen molar-refractivity contribution in [2.24, 2.45) is 5.92 Å². The zero-order chi connectivity index (χ0) is 20.8. The van der Waals surface area contributed by atoms with Crippen molar-refractivity contribution >= 4 is 23.2 Å². The summed E-state index contributed by atoms with van der Waals surface area (Å²) >= 11 is 1.50. The summed E-state index contributed by atoms with van der Waals surface area (Å²) in [6, 6.07) is 13.7. The molecule has 0 aliphatic heterocycles. The monoisotopic (exact) mass is 411 g/mol. The zero-order valence-electron chi connectivity index (χ0n) is 16.8. The fourth-order valence-corrected chi connectivity index (χ4v) is 3.41. The second kappa shape index (κ2) is 9.52. The summed E-state index contributed by atoms with van der Waals surface area (Å²) in [4.78, 5) is 25.6. The number of thiophene rings is 1. The molecule has 7 heteroatoms. The zero-order valence-corrected chi connectivity index (χ0v) is 17.6. The van der Waals surface area contributed by atoms with Crippen molar-refractivity contribution in [2.75, 3.05) is 6.61 Å². The molecule has 2 aromatic heterocycles. The largest absolute Gasteiger partial charge is 0.452 e. The highest BCUT2D eigenvalue weighted by Gasteiger charge is 2.21. The smallest absolute Gasteiger partial charge is 0.342 e. The normalized spacial score (nSPS) is 12.0. The molecule has 1 aromatic carbocycles. The van der Waals surface area contributed by atoms with Crippen LogP contribution in [0.5, 0.6) is 0 Å². The molecule has 3 aromatic rings. The molecule has 0 spiro atoms. The number of hydrogen-bond acceptors (Lipinski definition) is 5. The molecule has 0 bridgehead atoms. The molecular formula is C22H25N3O3S. The Labute approximate surface area is 174 Å². The van der Waals surface area contributed by atoms with Crippen LogP contribution < -0.4 is 5.32 Å². The molecule has 152 valence electrons. The van der Waals surface area contributed by atoms with Gasteiger partial charge in [-0.3, -0.25) is 9.48 Å². The molecule has 0 aliphatic carbocycles. The fourth-order valence-electron chi connectivity index (χ4n) is 2.69. The third kappa shape index (κ3) is 5.54. The minimum atomic E-state index is -0.555. The van der Waals surface area contributed by atoms with Crippen LogP contribution in [-0.4, -0.2) is 34.3 Å². The maximum absolute atomic E-state index is 12.7. The number of aromatic nitrogens is 2. The highest BCUT2D eigenvalue weighted by atomic mass is 32.1. The molecule has 2 heterocycles. The molecule has 0 fully saturated rings. The van der Waals surface area contributed by atoms with Crippen LogP contribution >= 0.6 is 11.3 Å². The highest BCUT2D eigenvalue weighted by molar-refractivity contribution is 7.13. The summed E-state index contributed by atoms with van der Waals surface area (Å²) in [5, 5.41) is 9.36. The molecule has 1 atom stereocenters. The number of ether oxygens (including phenoxy) is 1. The highest BCUT2D eigenvalue weighted by Crippen LogP contribution is 2.27. The molecule has 3 rings (SSSR count). The minimum Gasteiger partial charge on any atom is -0.452 e. The lowest BCUT2D eigenvalue weighted by atomic mass is 10.1. The first-order valence-electron chi connectivity index (χ1n) is 9.55. The van der Waals surface area contributed by atoms with Gasteiger partial charge < -0.3 is 10.1 Å². The van der Waals surface area contributed by atoms with Crippen LogP contribution in [0.4, 0.5) is 0 Å². The van der Waals surface area contributed by atoms with Crippen molar-refractivity contribution in [1.29, 1.82) is 0 Å². The summed E-state index contributed by atoms with van der Waals surface area (Å²) in [7, 11) is 0. The van der Waals surface area contributed by atoms with E-state index in [-0.39, 0.29) is 18.6 Å². The quantitative estimate of drug-likeness (QED) is 0.569. The van der Waals surface area contributed by atoms with Gasteiger partial charge in [0, 0.05) is 12.2 Å². The number of carbonyl (C=O) groups is 2. The van der Waals surface area contributed by atoms with Crippen LogP contribution in [0, 0.1) is 5.92 Å². The van der Waals surface area contributed by atoms with Crippen LogP contribution in [0.15, 0.2) is 54.0 Å². The Morgan fingerprint density at radius 1 is 1.14 bits per heavy atom. The van der Waals surface area contributed by atoms with Crippen LogP contribution in [0.1, 0.15) is 36.7 Å². The molecular weight excluding hydrogens is 386 g/mol. The van der Waals surface area contributed by atoms with Crippen molar-refractivity contribution in [3.63, 3.8) is 0 Å². The van der Waals surface area contributed by atoms with E-state index in [9.17, 15) is 9.59 Å². The maximum atomic E-state index is 12.7. The third-order valence-corrected chi connectivity index (χ3v) is 5.52. The lowest BCUT2D eigenvalue weighted by Crippen LogP contribution is -2.38. The van der Waals surface area contributed by atoms with Crippen molar-refractivity contribution in [2.45, 2.75) is 33.4 Å². The van der Waals surface area contributed by atoms with Crippen molar-refractivity contribution in [3.05, 3.63) is 65.2 Å². The van der Waals surface area contributed by atoms with E-state index in [0.29, 0.717) is 23.7 Å². The van der Waals surface area contributed by atoms with Crippen LogP contribution in [-0.2, 0) is 16.1 Å². The van der Waals surface area contributed by atoms with Gasteiger partial charge in [0.05, 0.1) is 11.4 Å². The van der Waals surface area contributed by atoms with Gasteiger partial charge in [0.1, 0.15) is 11.3 Å². The second-order valence-electron chi connectivity index (χ2n) is 7.23. The number of esters is 1. The molecule has 0 saturated heterocycles. The number of amides is 1. The van der Waals surface area contributed by atoms with Gasteiger partial charge in [0.15, 0.2) is 6.61 Å². The van der Waals surface area contributed by atoms with Gasteiger partial charge in [-0.25, -0.2) is 4.79 Å². The van der Waals surface area contributed by atoms with Crippen LogP contribution in [0.2, 0.25) is 0 Å². The van der Waals surface area contributed by atoms with Gasteiger partial charge in [-0.15, -0.1) is 11.3 Å². The van der Waals surface area contributed by atoms with E-state index in [1.165, 1.54) is 11.3 Å². The topological polar surface area (TPSA) is 73.2 Å². The average Bonchev–Trinajstić information content (AvgIpc) is 3.36. The standard InChI is InChI=1S/C22H25N3O3S/c1-15(2)16(3)23-20(26)14-28-22(27)18-13-25(12-17-8-5-4-6-9-17)24-21(18)19-10-7-11-29-19/h4-11,13,15-16H,12,14H2,1-3H3,(H,23,26). The van der Waals surface area contributed by atoms with Gasteiger partial charge in [-0.2, -0.15) is 5.10 Å². The van der Waals surface area contributed by atoms with E-state index >= 15 is 0 Å². The Bertz CT molecular complexity index is 949. The minimum absolute atomic E-state index is 0.0107. The van der Waals surface area contributed by atoms with E-state index in [1.807, 2.05) is 68.6 Å². The van der Waals surface area contributed by atoms with Crippen LogP contribution in [0.25, 0.3) is 10.6 Å². The Balaban J connectivity index is 1.74. The molecule has 0 saturated carbocycles. The van der Waals surface area contributed by atoms with Gasteiger partial charge in [-0.05, 0) is 29.9 Å². The van der Waals surface area contributed by atoms with Crippen molar-refractivity contribution < 1.29 is 14.3 Å². The lowest BCUT2D eigenvalue weighted by Gasteiger charge is -2.17. The van der Waals surface area contributed by atoms with E-state index in [0.717, 1.165) is 10.4 Å². The Morgan fingerprint density at radius 2 is 1.90 bits per heavy atom. The number of hydrogen-bond donors (Lipinski definition) is 1. The van der Waals surface area contributed by atoms with Gasteiger partial charge in [0.2, 0.25) is 0 Å². The number of nitrogens with one attached hydrogen (secondary N) is 1. The van der Waals surface area contributed by atoms with Gasteiger partial charge >= 0.3 is 5.97 Å². The molecule has 1 unspecified atom stereocenters. The Morgan fingerprint density at radius 3 is 2.55 bits per heavy atom. The van der Waals surface area contributed by atoms with Crippen LogP contribution in [0.3, 0.4) is 0 Å². The first kappa shape index (κ1) is 20.8. The summed E-state index contributed by atoms with van der Waals surface area (Å²) in [6.45, 7) is 6.19. The second-order valence-corrected chi connectivity index (χ2v) is 8.18. The Hall–Kier alpha value is -2.93. The first-order valence-corrected chi connectivity index (χ1v) is 10.4. The lowest BCUT2D eigenvalue weighted by molar-refractivity contribution is -0.125. The van der Waals surface area contributed by atoms with Crippen molar-refractivity contribution in [1.82, 2.24) is 15.1 Å². The molecule has 29 heavy (non-hydrogen) atoms. The van der Waals surface area contributed by atoms with E-state index in [1.54, 1.807) is 10.9 Å². The number of rotatable bonds is 8. The van der Waals surface area contributed by atoms with Gasteiger partial charge in [-0.1, -0.05) is 50.2 Å². The summed E-state index contributed by atoms with van der Waals surface area (Å²) in [5.74, 6) is -0.565. The first-order chi connectivity index (χ1) is 13.9. The summed E-state index contributed by atoms with van der Waals surface area (Å²) in [6.07, 6.45) is 1.68. The maximum Gasteiger partial charge on any atom is 0.342 e. The van der Waals surface area contributed by atoms with Gasteiger partial charge in [0.25, 0.3) is 5.91 Å². The number of benzene rings is 1. The number of carbonyl (C=O) groups excluding carboxylic acids is 2. The average molecular weight is 412 g/mol. The Kier molecular flexibility index (Phi) is 6.82. The molecule has 0 radical (unpaired) electrons. The fraction of sp³-hybridized carbons (Fsp3) is 0.318. The SMILES string of the molecule is CC(C)C(C)NC(=O)COC(=O)c1cn(Cc2ccccc2)nc1-c1cccs1. The molecule has 6 nitrogen and oxygen atoms in total. The molecule has 1 N–H and O–H groups in total. The van der Waals surface area contributed by atoms with Crippen molar-refractivity contribution in [3.8, 4) is 10.6 Å². The van der Waals surface area contributed by atoms with E-state index < -0.39 is 5.97 Å². The molecule has 1 amide bonds. The third-order valence-electron chi connectivity index (χ3n) is 4.65.